The Labute approximate surface area is 152 Å². The Balaban J connectivity index is 2.13. The molecule has 0 fully saturated rings. The zero-order valence-corrected chi connectivity index (χ0v) is 15.3. The van der Waals surface area contributed by atoms with Gasteiger partial charge in [-0.15, -0.1) is 0 Å². The number of ether oxygens (including phenoxy) is 1. The van der Waals surface area contributed by atoms with E-state index in [1.165, 1.54) is 10.6 Å². The normalized spacial score (nSPS) is 11.9. The average molecular weight is 376 g/mol. The Morgan fingerprint density at radius 1 is 1.38 bits per heavy atom. The van der Waals surface area contributed by atoms with Crippen LogP contribution in [0.3, 0.4) is 0 Å². The molecule has 7 nitrogen and oxygen atoms in total. The number of hydrogen-bond acceptors (Lipinski definition) is 5. The molecule has 0 atom stereocenters. The molecule has 2 heterocycles. The molecule has 0 saturated carbocycles. The minimum Gasteiger partial charge on any atom is -0.465 e. The van der Waals surface area contributed by atoms with Gasteiger partial charge in [0.2, 0.25) is 0 Å². The van der Waals surface area contributed by atoms with E-state index in [0.717, 1.165) is 17.0 Å². The molecule has 136 valence electrons. The standard InChI is InChI=1S/C17H17FN4O3S/c1-4-25-14(23)9-22-15-11(18)6-5-7-13(15)26-17(22)19-16(24)12-8-10(2)21(3)20-12/h5-8H,4,9H2,1-3H3. The van der Waals surface area contributed by atoms with Crippen LogP contribution >= 0.6 is 11.3 Å². The molecule has 0 spiro atoms. The number of fused-ring (bicyclic) bond motifs is 1. The molecule has 0 N–H and O–H groups in total. The Kier molecular flexibility index (Phi) is 4.99. The number of carbonyl (C=O) groups excluding carboxylic acids is 2. The zero-order chi connectivity index (χ0) is 18.8. The fraction of sp³-hybridized carbons (Fsp3) is 0.294. The molecule has 0 aliphatic rings. The van der Waals surface area contributed by atoms with Crippen molar-refractivity contribution in [3.63, 3.8) is 0 Å². The Hall–Kier alpha value is -2.81. The van der Waals surface area contributed by atoms with E-state index in [9.17, 15) is 14.0 Å². The lowest BCUT2D eigenvalue weighted by molar-refractivity contribution is -0.143. The van der Waals surface area contributed by atoms with Crippen molar-refractivity contribution in [3.8, 4) is 0 Å². The van der Waals surface area contributed by atoms with Gasteiger partial charge in [-0.05, 0) is 32.0 Å². The van der Waals surface area contributed by atoms with Crippen LogP contribution in [0.2, 0.25) is 0 Å². The van der Waals surface area contributed by atoms with Crippen LogP contribution in [0.25, 0.3) is 10.2 Å². The molecule has 0 saturated heterocycles. The highest BCUT2D eigenvalue weighted by molar-refractivity contribution is 7.16. The number of rotatable bonds is 4. The van der Waals surface area contributed by atoms with E-state index in [1.807, 2.05) is 6.92 Å². The van der Waals surface area contributed by atoms with Gasteiger partial charge in [0.1, 0.15) is 12.4 Å². The van der Waals surface area contributed by atoms with E-state index in [1.54, 1.807) is 36.9 Å². The van der Waals surface area contributed by atoms with E-state index in [4.69, 9.17) is 4.74 Å². The number of thiazole rings is 1. The molecule has 0 radical (unpaired) electrons. The topological polar surface area (TPSA) is 78.5 Å². The maximum atomic E-state index is 14.3. The maximum Gasteiger partial charge on any atom is 0.326 e. The Morgan fingerprint density at radius 3 is 2.81 bits per heavy atom. The van der Waals surface area contributed by atoms with Crippen molar-refractivity contribution in [2.75, 3.05) is 6.61 Å². The van der Waals surface area contributed by atoms with E-state index < -0.39 is 17.7 Å². The summed E-state index contributed by atoms with van der Waals surface area (Å²) >= 11 is 1.13. The summed E-state index contributed by atoms with van der Waals surface area (Å²) in [6, 6.07) is 6.19. The maximum absolute atomic E-state index is 14.3. The Bertz CT molecular complexity index is 1040. The van der Waals surface area contributed by atoms with E-state index in [0.29, 0.717) is 4.70 Å². The first-order valence-corrected chi connectivity index (χ1v) is 8.75. The molecule has 9 heteroatoms. The van der Waals surface area contributed by atoms with Crippen molar-refractivity contribution in [3.05, 3.63) is 46.3 Å². The lowest BCUT2D eigenvalue weighted by Crippen LogP contribution is -2.23. The molecule has 1 aromatic carbocycles. The number of carbonyl (C=O) groups is 2. The van der Waals surface area contributed by atoms with Crippen molar-refractivity contribution in [1.82, 2.24) is 14.3 Å². The highest BCUT2D eigenvalue weighted by Crippen LogP contribution is 2.20. The van der Waals surface area contributed by atoms with Crippen LogP contribution in [0, 0.1) is 12.7 Å². The first-order valence-electron chi connectivity index (χ1n) is 7.94. The number of amides is 1. The number of esters is 1. The smallest absolute Gasteiger partial charge is 0.326 e. The van der Waals surface area contributed by atoms with Crippen LogP contribution in [-0.4, -0.2) is 32.8 Å². The SMILES string of the molecule is CCOC(=O)Cn1c(=NC(=O)c2cc(C)n(C)n2)sc2cccc(F)c21. The van der Waals surface area contributed by atoms with Crippen LogP contribution < -0.4 is 4.80 Å². The highest BCUT2D eigenvalue weighted by Gasteiger charge is 2.16. The number of benzene rings is 1. The average Bonchev–Trinajstić information content (AvgIpc) is 3.09. The zero-order valence-electron chi connectivity index (χ0n) is 14.5. The third-order valence-electron chi connectivity index (χ3n) is 3.77. The molecule has 3 rings (SSSR count). The molecule has 0 unspecified atom stereocenters. The summed E-state index contributed by atoms with van der Waals surface area (Å²) in [7, 11) is 1.72. The molecule has 1 amide bonds. The summed E-state index contributed by atoms with van der Waals surface area (Å²) < 4.78 is 22.8. The quantitative estimate of drug-likeness (QED) is 0.654. The molecular weight excluding hydrogens is 359 g/mol. The molecule has 0 bridgehead atoms. The first kappa shape index (κ1) is 18.0. The van der Waals surface area contributed by atoms with E-state index >= 15 is 0 Å². The van der Waals surface area contributed by atoms with Gasteiger partial charge in [0.15, 0.2) is 10.5 Å². The summed E-state index contributed by atoms with van der Waals surface area (Å²) in [6.45, 7) is 3.48. The second kappa shape index (κ2) is 7.20. The van der Waals surface area contributed by atoms with Crippen molar-refractivity contribution in [2.45, 2.75) is 20.4 Å². The summed E-state index contributed by atoms with van der Waals surface area (Å²) in [5, 5.41) is 4.10. The molecule has 0 aliphatic carbocycles. The first-order chi connectivity index (χ1) is 12.4. The van der Waals surface area contributed by atoms with Crippen molar-refractivity contribution < 1.29 is 18.7 Å². The minimum absolute atomic E-state index is 0.186. The summed E-state index contributed by atoms with van der Waals surface area (Å²) in [4.78, 5) is 28.6. The Morgan fingerprint density at radius 2 is 2.15 bits per heavy atom. The van der Waals surface area contributed by atoms with Gasteiger partial charge >= 0.3 is 5.97 Å². The second-order valence-corrected chi connectivity index (χ2v) is 6.58. The van der Waals surface area contributed by atoms with Gasteiger partial charge in [-0.1, -0.05) is 17.4 Å². The van der Waals surface area contributed by atoms with Crippen molar-refractivity contribution in [2.24, 2.45) is 12.0 Å². The van der Waals surface area contributed by atoms with Gasteiger partial charge in [0, 0.05) is 12.7 Å². The third-order valence-corrected chi connectivity index (χ3v) is 4.82. The minimum atomic E-state index is -0.557. The lowest BCUT2D eigenvalue weighted by Gasteiger charge is -2.05. The number of halogens is 1. The number of aryl methyl sites for hydroxylation is 2. The predicted octanol–water partition coefficient (Wildman–Crippen LogP) is 2.19. The van der Waals surface area contributed by atoms with Gasteiger partial charge < -0.3 is 9.30 Å². The lowest BCUT2D eigenvalue weighted by atomic mass is 10.3. The largest absolute Gasteiger partial charge is 0.465 e. The van der Waals surface area contributed by atoms with Crippen molar-refractivity contribution in [1.29, 1.82) is 0 Å². The summed E-state index contributed by atoms with van der Waals surface area (Å²) in [6.07, 6.45) is 0. The van der Waals surface area contributed by atoms with Gasteiger partial charge in [-0.3, -0.25) is 14.3 Å². The highest BCUT2D eigenvalue weighted by atomic mass is 32.1. The summed E-state index contributed by atoms with van der Waals surface area (Å²) in [5.74, 6) is -1.58. The number of para-hydroxylation sites is 1. The molecule has 26 heavy (non-hydrogen) atoms. The predicted molar refractivity (Wildman–Crippen MR) is 94.2 cm³/mol. The number of aromatic nitrogens is 3. The summed E-state index contributed by atoms with van der Waals surface area (Å²) in [5.41, 5.74) is 1.21. The molecule has 0 aliphatic heterocycles. The van der Waals surface area contributed by atoms with Gasteiger partial charge in [-0.25, -0.2) is 4.39 Å². The number of hydrogen-bond donors (Lipinski definition) is 0. The van der Waals surface area contributed by atoms with Gasteiger partial charge in [0.25, 0.3) is 5.91 Å². The monoisotopic (exact) mass is 376 g/mol. The van der Waals surface area contributed by atoms with Crippen molar-refractivity contribution >= 4 is 33.4 Å². The molecular formula is C17H17FN4O3S. The van der Waals surface area contributed by atoms with Crippen LogP contribution in [0.1, 0.15) is 23.1 Å². The van der Waals surface area contributed by atoms with Crippen LogP contribution in [-0.2, 0) is 23.1 Å². The van der Waals surface area contributed by atoms with E-state index in [2.05, 4.69) is 10.1 Å². The fourth-order valence-corrected chi connectivity index (χ4v) is 3.51. The third kappa shape index (κ3) is 3.43. The van der Waals surface area contributed by atoms with E-state index in [-0.39, 0.29) is 29.2 Å². The van der Waals surface area contributed by atoms with Crippen LogP contribution in [0.4, 0.5) is 4.39 Å². The molecule has 3 aromatic rings. The van der Waals surface area contributed by atoms with Crippen LogP contribution in [0.5, 0.6) is 0 Å². The second-order valence-electron chi connectivity index (χ2n) is 5.57. The van der Waals surface area contributed by atoms with Crippen LogP contribution in [0.15, 0.2) is 29.3 Å². The van der Waals surface area contributed by atoms with Gasteiger partial charge in [-0.2, -0.15) is 10.1 Å². The molecule has 2 aromatic heterocycles. The number of nitrogens with zero attached hydrogens (tertiary/aromatic N) is 4. The fourth-order valence-electron chi connectivity index (χ4n) is 2.46. The van der Waals surface area contributed by atoms with Gasteiger partial charge in [0.05, 0.1) is 16.8 Å².